The van der Waals surface area contributed by atoms with Crippen LogP contribution in [0.15, 0.2) is 0 Å². The molecule has 0 aliphatic carbocycles. The maximum absolute atomic E-state index is 11.8. The topological polar surface area (TPSA) is 86.6 Å². The van der Waals surface area contributed by atoms with Crippen LogP contribution in [0.25, 0.3) is 0 Å². The molecular weight excluding hydrogens is 340 g/mol. The van der Waals surface area contributed by atoms with Crippen molar-refractivity contribution >= 4 is 23.4 Å². The highest BCUT2D eigenvalue weighted by Gasteiger charge is 2.49. The van der Waals surface area contributed by atoms with Gasteiger partial charge in [0, 0.05) is 20.0 Å². The molecule has 1 aromatic heterocycles. The van der Waals surface area contributed by atoms with Crippen LogP contribution in [-0.4, -0.2) is 62.0 Å². The average molecular weight is 366 g/mol. The van der Waals surface area contributed by atoms with E-state index in [2.05, 4.69) is 28.3 Å². The van der Waals surface area contributed by atoms with Gasteiger partial charge in [0.15, 0.2) is 0 Å². The van der Waals surface area contributed by atoms with Crippen LogP contribution in [0, 0.1) is 5.41 Å². The number of likely N-dealkylation sites (tertiary alicyclic amines) is 2. The molecule has 1 spiro atoms. The van der Waals surface area contributed by atoms with Gasteiger partial charge in [-0.05, 0) is 55.2 Å². The number of aliphatic carboxylic acids is 1. The molecule has 2 aliphatic rings. The first-order chi connectivity index (χ1) is 11.8. The summed E-state index contributed by atoms with van der Waals surface area (Å²) in [6, 6.07) is -0.665. The number of carboxylic acid groups (broad SMARTS) is 1. The maximum atomic E-state index is 11.8. The molecule has 2 saturated heterocycles. The number of hydrogen-bond acceptors (Lipinski definition) is 6. The van der Waals surface area contributed by atoms with E-state index in [1.807, 2.05) is 0 Å². The molecule has 0 unspecified atom stereocenters. The summed E-state index contributed by atoms with van der Waals surface area (Å²) in [5, 5.41) is 13.7. The van der Waals surface area contributed by atoms with Crippen LogP contribution in [0.5, 0.6) is 0 Å². The first-order valence-corrected chi connectivity index (χ1v) is 9.62. The second kappa shape index (κ2) is 6.99. The van der Waals surface area contributed by atoms with Gasteiger partial charge in [-0.3, -0.25) is 9.69 Å². The molecule has 2 aliphatic heterocycles. The van der Waals surface area contributed by atoms with Gasteiger partial charge in [-0.25, -0.2) is 4.79 Å². The van der Waals surface area contributed by atoms with Crippen LogP contribution in [0.4, 0.5) is 0 Å². The molecule has 0 aromatic carbocycles. The molecule has 3 heterocycles. The Bertz CT molecular complexity index is 628. The standard InChI is InChI=1S/C17H26N4O3S/c1-11(2)15-14(25-19-18-15)9-20-6-4-17(5-7-20)8-13(16(23)24)21(10-17)12(3)22/h11,13H,4-10H2,1-3H3,(H,23,24)/t13-/m1/s1. The fourth-order valence-electron chi connectivity index (χ4n) is 4.12. The number of amides is 1. The van der Waals surface area contributed by atoms with Gasteiger partial charge in [0.1, 0.15) is 6.04 Å². The first kappa shape index (κ1) is 18.3. The van der Waals surface area contributed by atoms with Gasteiger partial charge in [-0.1, -0.05) is 18.3 Å². The van der Waals surface area contributed by atoms with Crippen molar-refractivity contribution in [3.63, 3.8) is 0 Å². The summed E-state index contributed by atoms with van der Waals surface area (Å²) in [6.07, 6.45) is 2.45. The van der Waals surface area contributed by atoms with Gasteiger partial charge in [-0.15, -0.1) is 5.10 Å². The molecule has 1 atom stereocenters. The van der Waals surface area contributed by atoms with Crippen molar-refractivity contribution in [3.05, 3.63) is 10.6 Å². The van der Waals surface area contributed by atoms with Crippen LogP contribution in [0.3, 0.4) is 0 Å². The molecule has 0 bridgehead atoms. The van der Waals surface area contributed by atoms with Crippen LogP contribution < -0.4 is 0 Å². The summed E-state index contributed by atoms with van der Waals surface area (Å²) in [4.78, 5) is 28.5. The Kier molecular flexibility index (Phi) is 5.11. The number of carboxylic acids is 1. The third kappa shape index (κ3) is 3.69. The highest BCUT2D eigenvalue weighted by Crippen LogP contribution is 2.43. The second-order valence-electron chi connectivity index (χ2n) is 7.72. The Hall–Kier alpha value is -1.54. The van der Waals surface area contributed by atoms with Gasteiger partial charge < -0.3 is 10.0 Å². The van der Waals surface area contributed by atoms with E-state index < -0.39 is 12.0 Å². The van der Waals surface area contributed by atoms with Crippen molar-refractivity contribution < 1.29 is 14.7 Å². The van der Waals surface area contributed by atoms with Crippen molar-refractivity contribution in [2.75, 3.05) is 19.6 Å². The number of hydrogen-bond donors (Lipinski definition) is 1. The zero-order chi connectivity index (χ0) is 18.2. The number of aromatic nitrogens is 2. The number of carbonyl (C=O) groups excluding carboxylic acids is 1. The Morgan fingerprint density at radius 1 is 1.36 bits per heavy atom. The van der Waals surface area contributed by atoms with Crippen molar-refractivity contribution in [2.45, 2.75) is 58.5 Å². The van der Waals surface area contributed by atoms with Crippen molar-refractivity contribution in [2.24, 2.45) is 5.41 Å². The fourth-order valence-corrected chi connectivity index (χ4v) is 4.96. The van der Waals surface area contributed by atoms with E-state index in [-0.39, 0.29) is 11.3 Å². The highest BCUT2D eigenvalue weighted by molar-refractivity contribution is 7.05. The van der Waals surface area contributed by atoms with Gasteiger partial charge in [0.2, 0.25) is 5.91 Å². The van der Waals surface area contributed by atoms with Crippen LogP contribution >= 0.6 is 11.5 Å². The lowest BCUT2D eigenvalue weighted by atomic mass is 9.76. The average Bonchev–Trinajstić information content (AvgIpc) is 3.15. The zero-order valence-electron chi connectivity index (χ0n) is 15.1. The van der Waals surface area contributed by atoms with Crippen molar-refractivity contribution in [1.82, 2.24) is 19.4 Å². The SMILES string of the molecule is CC(=O)N1CC2(CCN(Cc3snnc3C(C)C)CC2)C[C@@H]1C(=O)O. The molecule has 3 rings (SSSR count). The Morgan fingerprint density at radius 2 is 2.04 bits per heavy atom. The summed E-state index contributed by atoms with van der Waals surface area (Å²) >= 11 is 1.47. The van der Waals surface area contributed by atoms with Crippen LogP contribution in [-0.2, 0) is 16.1 Å². The zero-order valence-corrected chi connectivity index (χ0v) is 15.9. The molecular formula is C17H26N4O3S. The minimum absolute atomic E-state index is 0.0436. The predicted molar refractivity (Wildman–Crippen MR) is 94.4 cm³/mol. The molecule has 1 aromatic rings. The third-order valence-electron chi connectivity index (χ3n) is 5.61. The van der Waals surface area contributed by atoms with E-state index in [0.717, 1.165) is 38.2 Å². The minimum atomic E-state index is -0.883. The summed E-state index contributed by atoms with van der Waals surface area (Å²) in [6.45, 7) is 9.01. The predicted octanol–water partition coefficient (Wildman–Crippen LogP) is 1.95. The fraction of sp³-hybridized carbons (Fsp3) is 0.765. The molecule has 1 N–H and O–H groups in total. The highest BCUT2D eigenvalue weighted by atomic mass is 32.1. The number of piperidine rings is 1. The van der Waals surface area contributed by atoms with E-state index in [1.54, 1.807) is 4.90 Å². The normalized spacial score (nSPS) is 23.5. The van der Waals surface area contributed by atoms with Gasteiger partial charge in [0.05, 0.1) is 10.6 Å². The van der Waals surface area contributed by atoms with Gasteiger partial charge in [0.25, 0.3) is 0 Å². The monoisotopic (exact) mass is 366 g/mol. The molecule has 8 heteroatoms. The van der Waals surface area contributed by atoms with Gasteiger partial charge >= 0.3 is 5.97 Å². The lowest BCUT2D eigenvalue weighted by Crippen LogP contribution is -2.42. The summed E-state index contributed by atoms with van der Waals surface area (Å²) in [7, 11) is 0. The molecule has 2 fully saturated rings. The third-order valence-corrected chi connectivity index (χ3v) is 6.34. The lowest BCUT2D eigenvalue weighted by Gasteiger charge is -2.39. The first-order valence-electron chi connectivity index (χ1n) is 8.85. The Morgan fingerprint density at radius 3 is 2.56 bits per heavy atom. The molecule has 0 saturated carbocycles. The molecule has 138 valence electrons. The number of carbonyl (C=O) groups is 2. The van der Waals surface area contributed by atoms with E-state index in [4.69, 9.17) is 0 Å². The van der Waals surface area contributed by atoms with E-state index in [1.165, 1.54) is 23.3 Å². The summed E-state index contributed by atoms with van der Waals surface area (Å²) in [5.41, 5.74) is 1.04. The lowest BCUT2D eigenvalue weighted by molar-refractivity contribution is -0.147. The van der Waals surface area contributed by atoms with Gasteiger partial charge in [-0.2, -0.15) is 0 Å². The van der Waals surface area contributed by atoms with E-state index in [0.29, 0.717) is 18.9 Å². The second-order valence-corrected chi connectivity index (χ2v) is 8.56. The summed E-state index contributed by atoms with van der Waals surface area (Å²) in [5.74, 6) is -0.643. The van der Waals surface area contributed by atoms with E-state index >= 15 is 0 Å². The number of nitrogens with zero attached hydrogens (tertiary/aromatic N) is 4. The summed E-state index contributed by atoms with van der Waals surface area (Å²) < 4.78 is 4.09. The molecule has 7 nitrogen and oxygen atoms in total. The molecule has 0 radical (unpaired) electrons. The molecule has 25 heavy (non-hydrogen) atoms. The van der Waals surface area contributed by atoms with Crippen LogP contribution in [0.2, 0.25) is 0 Å². The largest absolute Gasteiger partial charge is 0.480 e. The maximum Gasteiger partial charge on any atom is 0.326 e. The van der Waals surface area contributed by atoms with Crippen molar-refractivity contribution in [3.8, 4) is 0 Å². The Labute approximate surface area is 152 Å². The van der Waals surface area contributed by atoms with Crippen molar-refractivity contribution in [1.29, 1.82) is 0 Å². The smallest absolute Gasteiger partial charge is 0.326 e. The number of rotatable bonds is 4. The molecule has 1 amide bonds. The van der Waals surface area contributed by atoms with E-state index in [9.17, 15) is 14.7 Å². The Balaban J connectivity index is 1.63. The van der Waals surface area contributed by atoms with Crippen LogP contribution in [0.1, 0.15) is 56.5 Å². The minimum Gasteiger partial charge on any atom is -0.480 e. The quantitative estimate of drug-likeness (QED) is 0.876.